The van der Waals surface area contributed by atoms with E-state index < -0.39 is 11.8 Å². The first-order chi connectivity index (χ1) is 17.5. The average molecular weight is 504 g/mol. The minimum Gasteiger partial charge on any atom is -0.493 e. The van der Waals surface area contributed by atoms with Crippen LogP contribution in [0.2, 0.25) is 5.02 Å². The average Bonchev–Trinajstić information content (AvgIpc) is 3.44. The van der Waals surface area contributed by atoms with Crippen molar-refractivity contribution >= 4 is 35.3 Å². The maximum atomic E-state index is 12.7. The number of anilines is 1. The Morgan fingerprint density at radius 3 is 2.56 bits per heavy atom. The van der Waals surface area contributed by atoms with Gasteiger partial charge < -0.3 is 19.2 Å². The fraction of sp³-hybridized carbons (Fsp3) is 0.0741. The van der Waals surface area contributed by atoms with Crippen molar-refractivity contribution in [3.8, 4) is 11.5 Å². The lowest BCUT2D eigenvalue weighted by atomic mass is 10.1. The highest BCUT2D eigenvalue weighted by Gasteiger charge is 2.15. The lowest BCUT2D eigenvalue weighted by Crippen LogP contribution is -2.21. The SMILES string of the molecule is COc1cc(/C=N\NC(=O)c2ccccc2NC(=O)c2ccco2)ccc1OCc1ccccc1Cl. The van der Waals surface area contributed by atoms with E-state index >= 15 is 0 Å². The monoisotopic (exact) mass is 503 g/mol. The Morgan fingerprint density at radius 2 is 1.78 bits per heavy atom. The number of carbonyl (C=O) groups excluding carboxylic acids is 2. The molecule has 0 saturated heterocycles. The molecule has 0 saturated carbocycles. The number of hydrazone groups is 1. The largest absolute Gasteiger partial charge is 0.493 e. The van der Waals surface area contributed by atoms with Crippen molar-refractivity contribution in [1.82, 2.24) is 5.43 Å². The molecule has 4 rings (SSSR count). The Hall–Kier alpha value is -4.56. The van der Waals surface area contributed by atoms with E-state index in [9.17, 15) is 9.59 Å². The molecule has 3 aromatic carbocycles. The topological polar surface area (TPSA) is 102 Å². The number of furan rings is 1. The molecule has 1 aromatic heterocycles. The van der Waals surface area contributed by atoms with Crippen LogP contribution in [0.3, 0.4) is 0 Å². The van der Waals surface area contributed by atoms with E-state index in [0.29, 0.717) is 27.8 Å². The molecule has 0 bridgehead atoms. The van der Waals surface area contributed by atoms with Gasteiger partial charge in [0.15, 0.2) is 17.3 Å². The van der Waals surface area contributed by atoms with Gasteiger partial charge in [0.2, 0.25) is 0 Å². The molecule has 0 spiro atoms. The number of ether oxygens (including phenoxy) is 2. The van der Waals surface area contributed by atoms with Gasteiger partial charge in [-0.15, -0.1) is 0 Å². The number of methoxy groups -OCH3 is 1. The van der Waals surface area contributed by atoms with Gasteiger partial charge in [0.05, 0.1) is 30.8 Å². The van der Waals surface area contributed by atoms with Crippen molar-refractivity contribution in [3.63, 3.8) is 0 Å². The molecule has 0 unspecified atom stereocenters. The number of nitrogens with one attached hydrogen (secondary N) is 2. The Kier molecular flexibility index (Phi) is 8.00. The number of amides is 2. The van der Waals surface area contributed by atoms with Gasteiger partial charge in [-0.05, 0) is 54.1 Å². The summed E-state index contributed by atoms with van der Waals surface area (Å²) in [5.41, 5.74) is 4.58. The molecular weight excluding hydrogens is 482 g/mol. The van der Waals surface area contributed by atoms with Crippen molar-refractivity contribution in [2.24, 2.45) is 5.10 Å². The minimum atomic E-state index is -0.492. The molecule has 8 nitrogen and oxygen atoms in total. The van der Waals surface area contributed by atoms with Crippen LogP contribution in [0.15, 0.2) is 94.6 Å². The highest BCUT2D eigenvalue weighted by molar-refractivity contribution is 6.31. The van der Waals surface area contributed by atoms with Crippen molar-refractivity contribution in [2.75, 3.05) is 12.4 Å². The van der Waals surface area contributed by atoms with Gasteiger partial charge in [-0.25, -0.2) is 5.43 Å². The Labute approximate surface area is 212 Å². The summed E-state index contributed by atoms with van der Waals surface area (Å²) in [7, 11) is 1.54. The van der Waals surface area contributed by atoms with Crippen LogP contribution in [-0.2, 0) is 6.61 Å². The van der Waals surface area contributed by atoms with Gasteiger partial charge in [-0.2, -0.15) is 5.10 Å². The van der Waals surface area contributed by atoms with Gasteiger partial charge in [0.25, 0.3) is 11.8 Å². The number of halogens is 1. The van der Waals surface area contributed by atoms with Crippen LogP contribution >= 0.6 is 11.6 Å². The molecule has 36 heavy (non-hydrogen) atoms. The standard InChI is InChI=1S/C27H22ClN3O5/c1-34-25-15-18(12-13-23(25)36-17-19-7-2-4-9-21(19)28)16-29-31-26(32)20-8-3-5-10-22(20)30-27(33)24-11-6-14-35-24/h2-16H,17H2,1H3,(H,30,33)(H,31,32)/b29-16-. The maximum absolute atomic E-state index is 12.7. The van der Waals surface area contributed by atoms with Crippen molar-refractivity contribution in [1.29, 1.82) is 0 Å². The summed E-state index contributed by atoms with van der Waals surface area (Å²) >= 11 is 6.19. The fourth-order valence-electron chi connectivity index (χ4n) is 3.26. The molecule has 9 heteroatoms. The molecule has 0 aliphatic rings. The summed E-state index contributed by atoms with van der Waals surface area (Å²) in [6.07, 6.45) is 2.87. The number of benzene rings is 3. The molecule has 0 aliphatic heterocycles. The smallest absolute Gasteiger partial charge is 0.291 e. The predicted molar refractivity (Wildman–Crippen MR) is 137 cm³/mol. The van der Waals surface area contributed by atoms with Crippen LogP contribution < -0.4 is 20.2 Å². The van der Waals surface area contributed by atoms with Gasteiger partial charge >= 0.3 is 0 Å². The van der Waals surface area contributed by atoms with Crippen LogP contribution in [0, 0.1) is 0 Å². The third kappa shape index (κ3) is 6.11. The lowest BCUT2D eigenvalue weighted by Gasteiger charge is -2.12. The van der Waals surface area contributed by atoms with Gasteiger partial charge in [-0.3, -0.25) is 9.59 Å². The second kappa shape index (κ2) is 11.7. The van der Waals surface area contributed by atoms with E-state index in [4.69, 9.17) is 25.5 Å². The lowest BCUT2D eigenvalue weighted by molar-refractivity contribution is 0.0956. The number of nitrogens with zero attached hydrogens (tertiary/aromatic N) is 1. The molecule has 0 radical (unpaired) electrons. The zero-order valence-electron chi connectivity index (χ0n) is 19.2. The molecule has 0 fully saturated rings. The summed E-state index contributed by atoms with van der Waals surface area (Å²) in [5, 5.41) is 7.32. The number of carbonyl (C=O) groups is 2. The fourth-order valence-corrected chi connectivity index (χ4v) is 3.45. The van der Waals surface area contributed by atoms with Crippen molar-refractivity contribution in [3.05, 3.63) is 113 Å². The zero-order chi connectivity index (χ0) is 25.3. The number of hydrogen-bond donors (Lipinski definition) is 2. The molecule has 1 heterocycles. The van der Waals surface area contributed by atoms with Crippen LogP contribution in [-0.4, -0.2) is 25.1 Å². The van der Waals surface area contributed by atoms with Crippen LogP contribution in [0.4, 0.5) is 5.69 Å². The number of para-hydroxylation sites is 1. The van der Waals surface area contributed by atoms with E-state index in [-0.39, 0.29) is 17.9 Å². The number of hydrogen-bond acceptors (Lipinski definition) is 6. The highest BCUT2D eigenvalue weighted by Crippen LogP contribution is 2.29. The Bertz CT molecular complexity index is 1390. The molecule has 2 N–H and O–H groups in total. The molecule has 4 aromatic rings. The van der Waals surface area contributed by atoms with E-state index in [1.54, 1.807) is 54.6 Å². The molecular formula is C27H22ClN3O5. The van der Waals surface area contributed by atoms with E-state index in [1.165, 1.54) is 25.7 Å². The summed E-state index contributed by atoms with van der Waals surface area (Å²) in [6, 6.07) is 22.4. The summed E-state index contributed by atoms with van der Waals surface area (Å²) in [5.74, 6) is 0.223. The second-order valence-corrected chi connectivity index (χ2v) is 7.87. The van der Waals surface area contributed by atoms with Gasteiger partial charge in [-0.1, -0.05) is 41.9 Å². The summed E-state index contributed by atoms with van der Waals surface area (Å²) < 4.78 is 16.4. The molecule has 2 amide bonds. The van der Waals surface area contributed by atoms with Gasteiger partial charge in [0, 0.05) is 10.6 Å². The van der Waals surface area contributed by atoms with Crippen LogP contribution in [0.5, 0.6) is 11.5 Å². The predicted octanol–water partition coefficient (Wildman–Crippen LogP) is 5.54. The quantitative estimate of drug-likeness (QED) is 0.231. The first-order valence-electron chi connectivity index (χ1n) is 10.9. The first-order valence-corrected chi connectivity index (χ1v) is 11.2. The second-order valence-electron chi connectivity index (χ2n) is 7.47. The van der Waals surface area contributed by atoms with Crippen LogP contribution in [0.1, 0.15) is 32.0 Å². The highest BCUT2D eigenvalue weighted by atomic mass is 35.5. The minimum absolute atomic E-state index is 0.136. The third-order valence-electron chi connectivity index (χ3n) is 5.07. The normalized spacial score (nSPS) is 10.7. The Morgan fingerprint density at radius 1 is 0.972 bits per heavy atom. The molecule has 0 atom stereocenters. The maximum Gasteiger partial charge on any atom is 0.291 e. The molecule has 182 valence electrons. The van der Waals surface area contributed by atoms with Crippen molar-refractivity contribution < 1.29 is 23.5 Å². The third-order valence-corrected chi connectivity index (χ3v) is 5.44. The van der Waals surface area contributed by atoms with Gasteiger partial charge in [0.1, 0.15) is 6.61 Å². The first kappa shape index (κ1) is 24.6. The molecule has 0 aliphatic carbocycles. The summed E-state index contributed by atoms with van der Waals surface area (Å²) in [4.78, 5) is 25.0. The van der Waals surface area contributed by atoms with Crippen molar-refractivity contribution in [2.45, 2.75) is 6.61 Å². The van der Waals surface area contributed by atoms with E-state index in [1.807, 2.05) is 18.2 Å². The number of rotatable bonds is 9. The van der Waals surface area contributed by atoms with E-state index in [2.05, 4.69) is 15.8 Å². The summed E-state index contributed by atoms with van der Waals surface area (Å²) in [6.45, 7) is 0.287. The van der Waals surface area contributed by atoms with Crippen LogP contribution in [0.25, 0.3) is 0 Å². The van der Waals surface area contributed by atoms with E-state index in [0.717, 1.165) is 5.56 Å². The zero-order valence-corrected chi connectivity index (χ0v) is 20.0. The Balaban J connectivity index is 1.40.